The van der Waals surface area contributed by atoms with Gasteiger partial charge in [-0.25, -0.2) is 13.8 Å². The van der Waals surface area contributed by atoms with E-state index in [9.17, 15) is 18.0 Å². The summed E-state index contributed by atoms with van der Waals surface area (Å²) in [6.07, 6.45) is 0.485. The van der Waals surface area contributed by atoms with Gasteiger partial charge in [0.2, 0.25) is 0 Å². The zero-order chi connectivity index (χ0) is 25.7. The Balaban J connectivity index is 1.80. The highest BCUT2D eigenvalue weighted by Crippen LogP contribution is 2.39. The van der Waals surface area contributed by atoms with Crippen LogP contribution in [-0.2, 0) is 0 Å². The van der Waals surface area contributed by atoms with E-state index in [1.54, 1.807) is 28.8 Å². The maximum absolute atomic E-state index is 15.1. The Labute approximate surface area is 205 Å². The largest absolute Gasteiger partial charge is 0.433 e. The van der Waals surface area contributed by atoms with Gasteiger partial charge in [-0.2, -0.15) is 8.78 Å². The van der Waals surface area contributed by atoms with Crippen molar-refractivity contribution < 1.29 is 27.1 Å². The fraction of sp³-hybridized carbons (Fsp3) is 0.231. The molecule has 1 atom stereocenters. The minimum Gasteiger partial charge on any atom is -0.433 e. The van der Waals surface area contributed by atoms with Crippen molar-refractivity contribution in [1.82, 2.24) is 14.9 Å². The summed E-state index contributed by atoms with van der Waals surface area (Å²) in [5.41, 5.74) is 1.65. The van der Waals surface area contributed by atoms with Gasteiger partial charge in [0.1, 0.15) is 11.5 Å². The Hall–Kier alpha value is -3.45. The summed E-state index contributed by atoms with van der Waals surface area (Å²) in [6.45, 7) is 2.44. The van der Waals surface area contributed by atoms with Gasteiger partial charge in [-0.3, -0.25) is 9.36 Å². The molecule has 4 aromatic rings. The van der Waals surface area contributed by atoms with Crippen LogP contribution in [0.2, 0.25) is 0 Å². The van der Waals surface area contributed by atoms with Gasteiger partial charge in [-0.05, 0) is 49.6 Å². The molecule has 0 saturated carbocycles. The molecule has 3 aromatic carbocycles. The third kappa shape index (κ3) is 3.91. The number of imidazole rings is 1. The van der Waals surface area contributed by atoms with E-state index in [2.05, 4.69) is 10.3 Å². The summed E-state index contributed by atoms with van der Waals surface area (Å²) in [7, 11) is -0.839. The number of hydrogen-bond acceptors (Lipinski definition) is 3. The van der Waals surface area contributed by atoms with Crippen LogP contribution in [0.3, 0.4) is 0 Å². The quantitative estimate of drug-likeness (QED) is 0.257. The van der Waals surface area contributed by atoms with E-state index in [-0.39, 0.29) is 22.6 Å². The van der Waals surface area contributed by atoms with Crippen LogP contribution >= 0.6 is 7.92 Å². The van der Waals surface area contributed by atoms with Crippen molar-refractivity contribution in [3.05, 3.63) is 71.6 Å². The molecule has 0 bridgehead atoms. The van der Waals surface area contributed by atoms with Gasteiger partial charge in [-0.15, -0.1) is 0 Å². The first-order valence-electron chi connectivity index (χ1n) is 11.3. The summed E-state index contributed by atoms with van der Waals surface area (Å²) in [4.78, 5) is 17.7. The Morgan fingerprint density at radius 2 is 1.86 bits per heavy atom. The molecule has 0 saturated heterocycles. The molecule has 186 valence electrons. The molecule has 0 aliphatic carbocycles. The van der Waals surface area contributed by atoms with Gasteiger partial charge in [-0.1, -0.05) is 39.1 Å². The Kier molecular flexibility index (Phi) is 6.20. The predicted molar refractivity (Wildman–Crippen MR) is 132 cm³/mol. The SMILES string of the molecule is CCC1NC(=O)c2cccc(OC(F)F)c2-n2c1nc1ccc(-c3ccc(P(C)C)c(F)c3F)cc12. The number of carbonyl (C=O) groups excluding carboxylic acids is 1. The lowest BCUT2D eigenvalue weighted by molar-refractivity contribution is -0.0498. The third-order valence-electron chi connectivity index (χ3n) is 6.24. The number of nitrogens with zero attached hydrogens (tertiary/aromatic N) is 2. The van der Waals surface area contributed by atoms with E-state index in [0.29, 0.717) is 34.1 Å². The summed E-state index contributed by atoms with van der Waals surface area (Å²) < 4.78 is 62.8. The minimum absolute atomic E-state index is 0.0674. The molecular weight excluding hydrogens is 493 g/mol. The maximum atomic E-state index is 15.1. The summed E-state index contributed by atoms with van der Waals surface area (Å²) >= 11 is 0. The predicted octanol–water partition coefficient (Wildman–Crippen LogP) is 6.13. The number of benzene rings is 3. The first-order chi connectivity index (χ1) is 17.2. The van der Waals surface area contributed by atoms with Crippen LogP contribution in [0.1, 0.15) is 35.6 Å². The van der Waals surface area contributed by atoms with E-state index >= 15 is 4.39 Å². The van der Waals surface area contributed by atoms with E-state index in [1.165, 1.54) is 24.3 Å². The molecule has 36 heavy (non-hydrogen) atoms. The van der Waals surface area contributed by atoms with Crippen LogP contribution in [0.4, 0.5) is 17.6 Å². The molecule has 10 heteroatoms. The second-order valence-corrected chi connectivity index (χ2v) is 10.9. The summed E-state index contributed by atoms with van der Waals surface area (Å²) in [5.74, 6) is -2.06. The number of halogens is 4. The van der Waals surface area contributed by atoms with E-state index in [1.807, 2.05) is 20.3 Å². The van der Waals surface area contributed by atoms with Gasteiger partial charge in [0, 0.05) is 10.9 Å². The second kappa shape index (κ2) is 9.21. The molecule has 5 nitrogen and oxygen atoms in total. The van der Waals surface area contributed by atoms with Crippen LogP contribution in [0.5, 0.6) is 5.75 Å². The van der Waals surface area contributed by atoms with E-state index in [0.717, 1.165) is 0 Å². The highest BCUT2D eigenvalue weighted by molar-refractivity contribution is 7.64. The lowest BCUT2D eigenvalue weighted by Crippen LogP contribution is -2.27. The summed E-state index contributed by atoms with van der Waals surface area (Å²) in [5, 5.41) is 3.23. The minimum atomic E-state index is -3.11. The van der Waals surface area contributed by atoms with Crippen molar-refractivity contribution in [3.8, 4) is 22.6 Å². The number of amides is 1. The number of para-hydroxylation sites is 1. The van der Waals surface area contributed by atoms with Gasteiger partial charge < -0.3 is 10.1 Å². The van der Waals surface area contributed by atoms with Gasteiger partial charge >= 0.3 is 6.61 Å². The number of rotatable bonds is 5. The van der Waals surface area contributed by atoms with Crippen molar-refractivity contribution in [1.29, 1.82) is 0 Å². The molecule has 1 aliphatic heterocycles. The molecule has 0 fully saturated rings. The van der Waals surface area contributed by atoms with Crippen molar-refractivity contribution in [2.45, 2.75) is 26.0 Å². The number of aromatic nitrogens is 2. The first-order valence-corrected chi connectivity index (χ1v) is 13.5. The Morgan fingerprint density at radius 1 is 1.08 bits per heavy atom. The molecule has 0 spiro atoms. The Morgan fingerprint density at radius 3 is 2.56 bits per heavy atom. The van der Waals surface area contributed by atoms with Crippen LogP contribution < -0.4 is 15.4 Å². The van der Waals surface area contributed by atoms with Crippen molar-refractivity contribution in [3.63, 3.8) is 0 Å². The lowest BCUT2D eigenvalue weighted by atomic mass is 10.0. The average molecular weight is 515 g/mol. The molecule has 1 aromatic heterocycles. The maximum Gasteiger partial charge on any atom is 0.387 e. The fourth-order valence-corrected chi connectivity index (χ4v) is 5.41. The smallest absolute Gasteiger partial charge is 0.387 e. The van der Waals surface area contributed by atoms with Crippen LogP contribution in [0, 0.1) is 11.6 Å². The molecular formula is C26H22F4N3O2P. The lowest BCUT2D eigenvalue weighted by Gasteiger charge is -2.16. The monoisotopic (exact) mass is 515 g/mol. The molecule has 1 aliphatic rings. The van der Waals surface area contributed by atoms with Crippen molar-refractivity contribution in [2.75, 3.05) is 13.3 Å². The van der Waals surface area contributed by atoms with E-state index in [4.69, 9.17) is 4.74 Å². The number of alkyl halides is 2. The number of carbonyl (C=O) groups is 1. The first kappa shape index (κ1) is 24.3. The van der Waals surface area contributed by atoms with Crippen LogP contribution in [0.15, 0.2) is 48.5 Å². The zero-order valence-corrected chi connectivity index (χ0v) is 20.5. The number of fused-ring (bicyclic) bond motifs is 5. The molecule has 2 heterocycles. The number of hydrogen-bond donors (Lipinski definition) is 1. The number of nitrogens with one attached hydrogen (secondary N) is 1. The third-order valence-corrected chi connectivity index (χ3v) is 7.55. The fourth-order valence-electron chi connectivity index (χ4n) is 4.55. The second-order valence-electron chi connectivity index (χ2n) is 8.63. The molecule has 5 rings (SSSR count). The highest BCUT2D eigenvalue weighted by Gasteiger charge is 2.32. The van der Waals surface area contributed by atoms with Gasteiger partial charge in [0.05, 0.1) is 22.6 Å². The van der Waals surface area contributed by atoms with Gasteiger partial charge in [0.15, 0.2) is 17.4 Å². The topological polar surface area (TPSA) is 56.1 Å². The van der Waals surface area contributed by atoms with Gasteiger partial charge in [0.25, 0.3) is 5.91 Å². The van der Waals surface area contributed by atoms with Crippen molar-refractivity contribution in [2.24, 2.45) is 0 Å². The van der Waals surface area contributed by atoms with Crippen LogP contribution in [-0.4, -0.2) is 35.4 Å². The summed E-state index contributed by atoms with van der Waals surface area (Å²) in [6, 6.07) is 11.9. The van der Waals surface area contributed by atoms with Crippen molar-refractivity contribution >= 4 is 30.2 Å². The molecule has 1 amide bonds. The molecule has 1 unspecified atom stereocenters. The Bertz CT molecular complexity index is 1500. The average Bonchev–Trinajstić information content (AvgIpc) is 3.15. The van der Waals surface area contributed by atoms with E-state index < -0.39 is 38.1 Å². The molecule has 0 radical (unpaired) electrons. The van der Waals surface area contributed by atoms with Crippen LogP contribution in [0.25, 0.3) is 27.8 Å². The normalized spacial score (nSPS) is 15.1. The standard InChI is InChI=1S/C26H22F4N3O2P/c1-4-16-24-31-17-10-8-13(14-9-11-20(36(2)3)22(28)21(14)27)12-18(17)33(24)23-15(25(34)32-16)6-5-7-19(23)35-26(29)30/h5-12,16,26H,4H2,1-3H3,(H,32,34). The number of ether oxygens (including phenoxy) is 1. The zero-order valence-electron chi connectivity index (χ0n) is 19.7. The highest BCUT2D eigenvalue weighted by atomic mass is 31.1. The molecule has 1 N–H and O–H groups in total.